The molecule has 0 N–H and O–H groups in total. The minimum atomic E-state index is -4.98. The van der Waals surface area contributed by atoms with Crippen LogP contribution in [0.4, 0.5) is 13.2 Å². The maximum absolute atomic E-state index is 12.9. The Morgan fingerprint density at radius 2 is 1.73 bits per heavy atom. The minimum Gasteiger partial charge on any atom is -0.493 e. The van der Waals surface area contributed by atoms with Crippen LogP contribution in [-0.4, -0.2) is 43.5 Å². The van der Waals surface area contributed by atoms with E-state index in [0.717, 1.165) is 0 Å². The van der Waals surface area contributed by atoms with Gasteiger partial charge in [0.2, 0.25) is 0 Å². The fourth-order valence-electron chi connectivity index (χ4n) is 2.52. The molecule has 1 aromatic rings. The van der Waals surface area contributed by atoms with E-state index in [1.165, 1.54) is 44.6 Å². The number of alkyl halides is 3. The van der Waals surface area contributed by atoms with Gasteiger partial charge in [-0.1, -0.05) is 12.2 Å². The third-order valence-corrected chi connectivity index (χ3v) is 3.81. The van der Waals surface area contributed by atoms with Gasteiger partial charge in [-0.3, -0.25) is 9.59 Å². The van der Waals surface area contributed by atoms with E-state index in [2.05, 4.69) is 0 Å². The number of ether oxygens (including phenoxy) is 2. The van der Waals surface area contributed by atoms with E-state index in [9.17, 15) is 22.8 Å². The van der Waals surface area contributed by atoms with Crippen molar-refractivity contribution in [1.82, 2.24) is 4.90 Å². The van der Waals surface area contributed by atoms with E-state index < -0.39 is 12.1 Å². The summed E-state index contributed by atoms with van der Waals surface area (Å²) in [6.07, 6.45) is 0.642. The molecule has 0 radical (unpaired) electrons. The van der Waals surface area contributed by atoms with Crippen LogP contribution in [0.1, 0.15) is 17.5 Å². The van der Waals surface area contributed by atoms with Crippen molar-refractivity contribution in [1.29, 1.82) is 0 Å². The van der Waals surface area contributed by atoms with Crippen LogP contribution < -0.4 is 9.47 Å². The molecule has 1 aliphatic rings. The lowest BCUT2D eigenvalue weighted by Crippen LogP contribution is -2.41. The van der Waals surface area contributed by atoms with Gasteiger partial charge in [0.05, 0.1) is 14.2 Å². The molecule has 2 rings (SSSR count). The highest BCUT2D eigenvalue weighted by Crippen LogP contribution is 2.32. The van der Waals surface area contributed by atoms with Crippen molar-refractivity contribution < 1.29 is 32.2 Å². The lowest BCUT2D eigenvalue weighted by Gasteiger charge is -2.24. The number of rotatable bonds is 2. The Balaban J connectivity index is 2.54. The molecule has 0 spiro atoms. The lowest BCUT2D eigenvalue weighted by atomic mass is 10.0. The van der Waals surface area contributed by atoms with E-state index in [-0.39, 0.29) is 25.3 Å². The summed E-state index contributed by atoms with van der Waals surface area (Å²) in [5, 5.41) is 0. The van der Waals surface area contributed by atoms with Gasteiger partial charge < -0.3 is 14.4 Å². The highest BCUT2D eigenvalue weighted by molar-refractivity contribution is 6.02. The Hall–Kier alpha value is -2.77. The van der Waals surface area contributed by atoms with Crippen LogP contribution in [0.15, 0.2) is 30.4 Å². The number of hydrogen-bond donors (Lipinski definition) is 0. The summed E-state index contributed by atoms with van der Waals surface area (Å²) in [7, 11) is 2.82. The number of hydrogen-bond acceptors (Lipinski definition) is 4. The predicted octanol–water partition coefficient (Wildman–Crippen LogP) is 3.14. The average molecular weight is 369 g/mol. The summed E-state index contributed by atoms with van der Waals surface area (Å²) in [6, 6.07) is 3.06. The molecule has 0 saturated heterocycles. The molecule has 0 aliphatic carbocycles. The summed E-state index contributed by atoms with van der Waals surface area (Å²) < 4.78 is 49.1. The summed E-state index contributed by atoms with van der Waals surface area (Å²) in [6.45, 7) is -0.448. The number of carbonyl (C=O) groups is 2. The standard InChI is InChI=1S/C18H18F3NO4/c1-25-15-9-12-6-7-14(23)5-3-4-8-22(17(24)18(19,20)21)11-13(12)10-16(15)26-2/h3,5-7,9-10H,4,8,11H2,1-2H3/b5-3-,7-6-. The quantitative estimate of drug-likeness (QED) is 0.804. The second kappa shape index (κ2) is 8.07. The smallest absolute Gasteiger partial charge is 0.471 e. The largest absolute Gasteiger partial charge is 0.493 e. The van der Waals surface area contributed by atoms with Crippen LogP contribution in [0.25, 0.3) is 6.08 Å². The molecule has 1 heterocycles. The first-order chi connectivity index (χ1) is 12.3. The molecule has 1 aromatic carbocycles. The predicted molar refractivity (Wildman–Crippen MR) is 88.8 cm³/mol. The van der Waals surface area contributed by atoms with Crippen molar-refractivity contribution in [2.75, 3.05) is 20.8 Å². The van der Waals surface area contributed by atoms with Crippen molar-refractivity contribution in [3.05, 3.63) is 41.5 Å². The Bertz CT molecular complexity index is 754. The molecule has 0 aromatic heterocycles. The fraction of sp³-hybridized carbons (Fsp3) is 0.333. The molecule has 5 nitrogen and oxygen atoms in total. The fourth-order valence-corrected chi connectivity index (χ4v) is 2.52. The zero-order chi connectivity index (χ0) is 19.3. The summed E-state index contributed by atoms with van der Waals surface area (Å²) in [5.41, 5.74) is 0.873. The Kier molecular flexibility index (Phi) is 6.07. The van der Waals surface area contributed by atoms with E-state index >= 15 is 0 Å². The highest BCUT2D eigenvalue weighted by Gasteiger charge is 2.42. The van der Waals surface area contributed by atoms with Gasteiger partial charge in [0.15, 0.2) is 17.3 Å². The van der Waals surface area contributed by atoms with Crippen molar-refractivity contribution >= 4 is 17.8 Å². The summed E-state index contributed by atoms with van der Waals surface area (Å²) in [4.78, 5) is 24.2. The number of benzene rings is 1. The van der Waals surface area contributed by atoms with Crippen LogP contribution in [0.5, 0.6) is 11.5 Å². The third kappa shape index (κ3) is 4.65. The molecular formula is C18H18F3NO4. The van der Waals surface area contributed by atoms with Crippen LogP contribution in [0.2, 0.25) is 0 Å². The molecule has 0 bridgehead atoms. The number of fused-ring (bicyclic) bond motifs is 1. The molecule has 0 saturated carbocycles. The molecule has 0 fully saturated rings. The van der Waals surface area contributed by atoms with Crippen molar-refractivity contribution in [3.8, 4) is 11.5 Å². The van der Waals surface area contributed by atoms with Gasteiger partial charge in [0, 0.05) is 13.1 Å². The number of nitrogens with zero attached hydrogens (tertiary/aromatic N) is 1. The molecule has 0 unspecified atom stereocenters. The molecule has 26 heavy (non-hydrogen) atoms. The molecule has 8 heteroatoms. The number of halogens is 3. The van der Waals surface area contributed by atoms with Gasteiger partial charge in [-0.05, 0) is 41.8 Å². The molecular weight excluding hydrogens is 351 g/mol. The van der Waals surface area contributed by atoms with Gasteiger partial charge in [0.25, 0.3) is 0 Å². The lowest BCUT2D eigenvalue weighted by molar-refractivity contribution is -0.186. The normalized spacial score (nSPS) is 17.7. The zero-order valence-corrected chi connectivity index (χ0v) is 14.3. The highest BCUT2D eigenvalue weighted by atomic mass is 19.4. The van der Waals surface area contributed by atoms with E-state index in [0.29, 0.717) is 27.5 Å². The van der Waals surface area contributed by atoms with E-state index in [4.69, 9.17) is 9.47 Å². The van der Waals surface area contributed by atoms with Crippen LogP contribution >= 0.6 is 0 Å². The first-order valence-corrected chi connectivity index (χ1v) is 7.76. The maximum atomic E-state index is 12.9. The Morgan fingerprint density at radius 3 is 2.35 bits per heavy atom. The molecule has 1 aliphatic heterocycles. The monoisotopic (exact) mass is 369 g/mol. The molecule has 140 valence electrons. The SMILES string of the molecule is COc1cc2c(cc1OC)CN(C(=O)C(F)(F)F)CC/C=C\C(=O)/C=C\2. The van der Waals surface area contributed by atoms with Gasteiger partial charge in [0.1, 0.15) is 0 Å². The van der Waals surface area contributed by atoms with Crippen LogP contribution in [-0.2, 0) is 16.1 Å². The second-order valence-corrected chi connectivity index (χ2v) is 5.56. The second-order valence-electron chi connectivity index (χ2n) is 5.56. The number of carbonyl (C=O) groups excluding carboxylic acids is 2. The molecule has 0 atom stereocenters. The zero-order valence-electron chi connectivity index (χ0n) is 14.3. The van der Waals surface area contributed by atoms with E-state index in [1.807, 2.05) is 0 Å². The summed E-state index contributed by atoms with van der Waals surface area (Å²) >= 11 is 0. The van der Waals surface area contributed by atoms with Crippen LogP contribution in [0, 0.1) is 0 Å². The molecule has 1 amide bonds. The Morgan fingerprint density at radius 1 is 1.08 bits per heavy atom. The van der Waals surface area contributed by atoms with Crippen molar-refractivity contribution in [2.45, 2.75) is 19.1 Å². The van der Waals surface area contributed by atoms with Gasteiger partial charge in [-0.25, -0.2) is 0 Å². The first kappa shape index (κ1) is 19.6. The maximum Gasteiger partial charge on any atom is 0.471 e. The minimum absolute atomic E-state index is 0.129. The number of ketones is 1. The summed E-state index contributed by atoms with van der Waals surface area (Å²) in [5.74, 6) is -1.55. The Labute approximate surface area is 148 Å². The van der Waals surface area contributed by atoms with Gasteiger partial charge in [-0.2, -0.15) is 13.2 Å². The number of methoxy groups -OCH3 is 2. The van der Waals surface area contributed by atoms with Gasteiger partial charge >= 0.3 is 12.1 Å². The average Bonchev–Trinajstić information content (AvgIpc) is 2.63. The van der Waals surface area contributed by atoms with Crippen LogP contribution in [0.3, 0.4) is 0 Å². The number of allylic oxidation sites excluding steroid dienone is 2. The number of amides is 1. The van der Waals surface area contributed by atoms with E-state index in [1.54, 1.807) is 6.07 Å². The topological polar surface area (TPSA) is 55.8 Å². The van der Waals surface area contributed by atoms with Crippen molar-refractivity contribution in [2.24, 2.45) is 0 Å². The first-order valence-electron chi connectivity index (χ1n) is 7.76. The van der Waals surface area contributed by atoms with Gasteiger partial charge in [-0.15, -0.1) is 0 Å². The third-order valence-electron chi connectivity index (χ3n) is 3.81. The van der Waals surface area contributed by atoms with Crippen molar-refractivity contribution in [3.63, 3.8) is 0 Å².